The Hall–Kier alpha value is -1.74. The molecule has 2 nitrogen and oxygen atoms in total. The number of fused-ring (bicyclic) bond motifs is 1. The van der Waals surface area contributed by atoms with Gasteiger partial charge >= 0.3 is 0 Å². The summed E-state index contributed by atoms with van der Waals surface area (Å²) in [5.74, 6) is 0.851. The van der Waals surface area contributed by atoms with E-state index in [2.05, 4.69) is 70.3 Å². The Bertz CT molecular complexity index is 1000. The van der Waals surface area contributed by atoms with Crippen LogP contribution in [0.15, 0.2) is 54.6 Å². The van der Waals surface area contributed by atoms with Crippen LogP contribution >= 0.6 is 23.2 Å². The quantitative estimate of drug-likeness (QED) is 0.398. The molecule has 0 saturated carbocycles. The summed E-state index contributed by atoms with van der Waals surface area (Å²) in [6.07, 6.45) is 1.07. The zero-order valence-corrected chi connectivity index (χ0v) is 20.0. The number of benzene rings is 3. The van der Waals surface area contributed by atoms with Crippen LogP contribution in [-0.2, 0) is 13.2 Å². The van der Waals surface area contributed by atoms with E-state index in [0.29, 0.717) is 16.7 Å². The molecule has 0 radical (unpaired) electrons. The monoisotopic (exact) mass is 443 g/mol. The van der Waals surface area contributed by atoms with E-state index in [0.717, 1.165) is 29.8 Å². The fraction of sp³-hybridized carbons (Fsp3) is 0.385. The fourth-order valence-corrected chi connectivity index (χ4v) is 4.68. The maximum absolute atomic E-state index is 6.34. The number of halogens is 2. The molecule has 0 amide bonds. The largest absolute Gasteiger partial charge is 0.488 e. The molecule has 0 unspecified atom stereocenters. The van der Waals surface area contributed by atoms with Gasteiger partial charge in [-0.3, -0.25) is 0 Å². The molecule has 0 aromatic heterocycles. The normalized spacial score (nSPS) is 12.4. The summed E-state index contributed by atoms with van der Waals surface area (Å²) in [4.78, 5) is 0. The highest BCUT2D eigenvalue weighted by atomic mass is 35.5. The summed E-state index contributed by atoms with van der Waals surface area (Å²) >= 11 is 12.7. The number of hydrogen-bond acceptors (Lipinski definition) is 2. The minimum absolute atomic E-state index is 0.00148. The second-order valence-corrected chi connectivity index (χ2v) is 10.5. The molecule has 0 spiro atoms. The van der Waals surface area contributed by atoms with E-state index in [1.54, 1.807) is 0 Å². The summed E-state index contributed by atoms with van der Waals surface area (Å²) in [5, 5.41) is 7.39. The van der Waals surface area contributed by atoms with Crippen LogP contribution in [0, 0.1) is 5.41 Å². The first-order valence-electron chi connectivity index (χ1n) is 10.4. The molecule has 0 aliphatic carbocycles. The van der Waals surface area contributed by atoms with Gasteiger partial charge in [0.2, 0.25) is 0 Å². The molecule has 0 bridgehead atoms. The SMILES string of the molecule is CC(C)(C)CC(C)(C)NCc1c(OCc2c(Cl)cccc2Cl)ccc2ccccc12. The summed E-state index contributed by atoms with van der Waals surface area (Å²) in [6.45, 7) is 12.4. The van der Waals surface area contributed by atoms with Crippen molar-refractivity contribution in [2.45, 2.75) is 59.7 Å². The summed E-state index contributed by atoms with van der Waals surface area (Å²) in [7, 11) is 0. The molecule has 0 fully saturated rings. The van der Waals surface area contributed by atoms with Gasteiger partial charge in [0.1, 0.15) is 12.4 Å². The smallest absolute Gasteiger partial charge is 0.124 e. The molecule has 0 atom stereocenters. The third-order valence-electron chi connectivity index (χ3n) is 5.15. The molecule has 3 aromatic rings. The minimum atomic E-state index is -0.00148. The summed E-state index contributed by atoms with van der Waals surface area (Å²) in [6, 6.07) is 18.1. The van der Waals surface area contributed by atoms with Crippen molar-refractivity contribution >= 4 is 34.0 Å². The molecular weight excluding hydrogens is 413 g/mol. The number of rotatable bonds is 7. The maximum Gasteiger partial charge on any atom is 0.124 e. The zero-order valence-electron chi connectivity index (χ0n) is 18.5. The van der Waals surface area contributed by atoms with Crippen molar-refractivity contribution in [3.05, 3.63) is 75.8 Å². The maximum atomic E-state index is 6.34. The summed E-state index contributed by atoms with van der Waals surface area (Å²) in [5.41, 5.74) is 2.20. The Morgan fingerprint density at radius 2 is 1.47 bits per heavy atom. The average Bonchev–Trinajstić information content (AvgIpc) is 2.64. The van der Waals surface area contributed by atoms with Crippen LogP contribution in [0.2, 0.25) is 10.0 Å². The van der Waals surface area contributed by atoms with Gasteiger partial charge in [0.05, 0.1) is 0 Å². The van der Waals surface area contributed by atoms with Crippen LogP contribution in [-0.4, -0.2) is 5.54 Å². The van der Waals surface area contributed by atoms with Gasteiger partial charge in [-0.1, -0.05) is 80.4 Å². The van der Waals surface area contributed by atoms with Gasteiger partial charge < -0.3 is 10.1 Å². The van der Waals surface area contributed by atoms with Crippen LogP contribution in [0.5, 0.6) is 5.75 Å². The lowest BCUT2D eigenvalue weighted by atomic mass is 9.81. The van der Waals surface area contributed by atoms with Gasteiger partial charge in [0.15, 0.2) is 0 Å². The first-order valence-corrected chi connectivity index (χ1v) is 11.1. The van der Waals surface area contributed by atoms with Crippen molar-refractivity contribution < 1.29 is 4.74 Å². The van der Waals surface area contributed by atoms with Crippen LogP contribution < -0.4 is 10.1 Å². The molecule has 0 saturated heterocycles. The third-order valence-corrected chi connectivity index (χ3v) is 5.86. The first kappa shape index (κ1) is 22.9. The highest BCUT2D eigenvalue weighted by Gasteiger charge is 2.25. The second-order valence-electron chi connectivity index (χ2n) is 9.73. The van der Waals surface area contributed by atoms with Crippen molar-refractivity contribution in [3.63, 3.8) is 0 Å². The van der Waals surface area contributed by atoms with Crippen molar-refractivity contribution in [3.8, 4) is 5.75 Å². The zero-order chi connectivity index (χ0) is 21.9. The standard InChI is InChI=1S/C26H31Cl2NO/c1-25(2,3)17-26(4,5)29-15-20-19-10-7-6-9-18(19)13-14-24(20)30-16-21-22(27)11-8-12-23(21)28/h6-14,29H,15-17H2,1-5H3. The number of hydrogen-bond donors (Lipinski definition) is 1. The Kier molecular flexibility index (Phi) is 7.02. The van der Waals surface area contributed by atoms with Crippen molar-refractivity contribution in [2.24, 2.45) is 5.41 Å². The lowest BCUT2D eigenvalue weighted by molar-refractivity contribution is 0.239. The number of ether oxygens (including phenoxy) is 1. The molecule has 160 valence electrons. The van der Waals surface area contributed by atoms with E-state index in [1.165, 1.54) is 10.8 Å². The van der Waals surface area contributed by atoms with Gasteiger partial charge in [-0.15, -0.1) is 0 Å². The van der Waals surface area contributed by atoms with Crippen LogP contribution in [0.4, 0.5) is 0 Å². The average molecular weight is 444 g/mol. The molecule has 30 heavy (non-hydrogen) atoms. The van der Waals surface area contributed by atoms with Crippen LogP contribution in [0.1, 0.15) is 52.2 Å². The lowest BCUT2D eigenvalue weighted by Gasteiger charge is -2.34. The third kappa shape index (κ3) is 5.91. The molecule has 4 heteroatoms. The predicted molar refractivity (Wildman–Crippen MR) is 130 cm³/mol. The van der Waals surface area contributed by atoms with E-state index in [4.69, 9.17) is 27.9 Å². The van der Waals surface area contributed by atoms with Crippen molar-refractivity contribution in [2.75, 3.05) is 0 Å². The highest BCUT2D eigenvalue weighted by Crippen LogP contribution is 2.32. The molecule has 3 rings (SSSR count). The van der Waals surface area contributed by atoms with Crippen molar-refractivity contribution in [1.29, 1.82) is 0 Å². The van der Waals surface area contributed by atoms with Gasteiger partial charge in [0, 0.05) is 33.3 Å². The molecular formula is C26H31Cl2NO. The lowest BCUT2D eigenvalue weighted by Crippen LogP contribution is -2.41. The van der Waals surface area contributed by atoms with Gasteiger partial charge in [-0.2, -0.15) is 0 Å². The topological polar surface area (TPSA) is 21.3 Å². The fourth-order valence-electron chi connectivity index (χ4n) is 4.17. The van der Waals surface area contributed by atoms with Crippen LogP contribution in [0.3, 0.4) is 0 Å². The first-order chi connectivity index (χ1) is 14.1. The highest BCUT2D eigenvalue weighted by molar-refractivity contribution is 6.35. The molecule has 3 aromatic carbocycles. The Morgan fingerprint density at radius 3 is 2.13 bits per heavy atom. The molecule has 0 aliphatic rings. The molecule has 0 heterocycles. The van der Waals surface area contributed by atoms with E-state index in [-0.39, 0.29) is 11.0 Å². The second kappa shape index (κ2) is 9.18. The molecule has 0 aliphatic heterocycles. The van der Waals surface area contributed by atoms with E-state index >= 15 is 0 Å². The predicted octanol–water partition coefficient (Wildman–Crippen LogP) is 8.03. The van der Waals surface area contributed by atoms with E-state index in [1.807, 2.05) is 24.3 Å². The van der Waals surface area contributed by atoms with Gasteiger partial charge in [-0.05, 0) is 54.7 Å². The number of nitrogens with one attached hydrogen (secondary N) is 1. The van der Waals surface area contributed by atoms with Gasteiger partial charge in [0.25, 0.3) is 0 Å². The molecule has 1 N–H and O–H groups in total. The Morgan fingerprint density at radius 1 is 0.800 bits per heavy atom. The van der Waals surface area contributed by atoms with E-state index in [9.17, 15) is 0 Å². The van der Waals surface area contributed by atoms with Crippen LogP contribution in [0.25, 0.3) is 10.8 Å². The minimum Gasteiger partial charge on any atom is -0.488 e. The van der Waals surface area contributed by atoms with E-state index < -0.39 is 0 Å². The van der Waals surface area contributed by atoms with Gasteiger partial charge in [-0.25, -0.2) is 0 Å². The van der Waals surface area contributed by atoms with Crippen molar-refractivity contribution in [1.82, 2.24) is 5.32 Å². The summed E-state index contributed by atoms with van der Waals surface area (Å²) < 4.78 is 6.25. The Labute approximate surface area is 190 Å². The Balaban J connectivity index is 1.89.